The summed E-state index contributed by atoms with van der Waals surface area (Å²) in [6, 6.07) is 5.48. The van der Waals surface area contributed by atoms with Gasteiger partial charge in [0.1, 0.15) is 0 Å². The molecule has 0 radical (unpaired) electrons. The quantitative estimate of drug-likeness (QED) is 0.560. The second-order valence-corrected chi connectivity index (χ2v) is 5.53. The van der Waals surface area contributed by atoms with Gasteiger partial charge in [-0.25, -0.2) is 0 Å². The van der Waals surface area contributed by atoms with Crippen molar-refractivity contribution >= 4 is 15.8 Å². The zero-order chi connectivity index (χ0) is 14.3. The number of para-hydroxylation sites is 1. The Bertz CT molecular complexity index is 501. The lowest BCUT2D eigenvalue weighted by Gasteiger charge is -2.13. The van der Waals surface area contributed by atoms with Crippen LogP contribution in [0.4, 0.5) is 5.69 Å². The highest BCUT2D eigenvalue weighted by Crippen LogP contribution is 2.34. The average Bonchev–Trinajstić information content (AvgIpc) is 2.36. The molecule has 0 fully saturated rings. The molecule has 0 unspecified atom stereocenters. The minimum Gasteiger partial charge on any atom is -0.493 e. The van der Waals surface area contributed by atoms with Crippen molar-refractivity contribution in [2.24, 2.45) is 0 Å². The minimum absolute atomic E-state index is 0.218. The van der Waals surface area contributed by atoms with Gasteiger partial charge < -0.3 is 14.8 Å². The fraction of sp³-hybridized carbons (Fsp3) is 0.500. The van der Waals surface area contributed by atoms with E-state index in [2.05, 4.69) is 5.32 Å². The highest BCUT2D eigenvalue weighted by atomic mass is 32.2. The zero-order valence-corrected chi connectivity index (χ0v) is 11.9. The van der Waals surface area contributed by atoms with Gasteiger partial charge in [-0.15, -0.1) is 0 Å². The van der Waals surface area contributed by atoms with Crippen LogP contribution in [0.25, 0.3) is 0 Å². The van der Waals surface area contributed by atoms with Crippen LogP contribution in [0.5, 0.6) is 11.5 Å². The molecule has 19 heavy (non-hydrogen) atoms. The Hall–Kier alpha value is -1.47. The van der Waals surface area contributed by atoms with Crippen molar-refractivity contribution in [1.29, 1.82) is 0 Å². The van der Waals surface area contributed by atoms with E-state index in [4.69, 9.17) is 14.0 Å². The molecule has 2 N–H and O–H groups in total. The predicted molar refractivity (Wildman–Crippen MR) is 73.7 cm³/mol. The third kappa shape index (κ3) is 5.35. The molecule has 0 aromatic heterocycles. The molecule has 0 aliphatic heterocycles. The molecule has 6 nitrogen and oxygen atoms in total. The molecule has 1 aromatic rings. The van der Waals surface area contributed by atoms with Crippen molar-refractivity contribution in [2.75, 3.05) is 31.8 Å². The molecular weight excluding hydrogens is 270 g/mol. The maximum atomic E-state index is 10.5. The number of rotatable bonds is 8. The van der Waals surface area contributed by atoms with E-state index in [9.17, 15) is 8.42 Å². The van der Waals surface area contributed by atoms with Crippen LogP contribution in [-0.4, -0.2) is 39.5 Å². The number of methoxy groups -OCH3 is 2. The van der Waals surface area contributed by atoms with E-state index >= 15 is 0 Å². The van der Waals surface area contributed by atoms with Gasteiger partial charge in [0.25, 0.3) is 10.1 Å². The summed E-state index contributed by atoms with van der Waals surface area (Å²) in [5, 5.41) is 3.14. The van der Waals surface area contributed by atoms with Gasteiger partial charge in [-0.05, 0) is 25.0 Å². The number of nitrogens with one attached hydrogen (secondary N) is 1. The molecule has 0 atom stereocenters. The number of benzene rings is 1. The number of ether oxygens (including phenoxy) is 2. The van der Waals surface area contributed by atoms with Crippen LogP contribution >= 0.6 is 0 Å². The first kappa shape index (κ1) is 15.6. The Morgan fingerprint density at radius 2 is 1.95 bits per heavy atom. The van der Waals surface area contributed by atoms with Crippen LogP contribution in [0.15, 0.2) is 18.2 Å². The van der Waals surface area contributed by atoms with Crippen LogP contribution < -0.4 is 14.8 Å². The fourth-order valence-corrected chi connectivity index (χ4v) is 2.23. The lowest BCUT2D eigenvalue weighted by atomic mass is 10.2. The van der Waals surface area contributed by atoms with E-state index in [-0.39, 0.29) is 5.75 Å². The van der Waals surface area contributed by atoms with Crippen molar-refractivity contribution in [3.8, 4) is 11.5 Å². The number of unbranched alkanes of at least 4 members (excludes halogenated alkanes) is 1. The van der Waals surface area contributed by atoms with Crippen LogP contribution in [-0.2, 0) is 10.1 Å². The molecule has 1 rings (SSSR count). The Labute approximate surface area is 113 Å². The lowest BCUT2D eigenvalue weighted by molar-refractivity contribution is 0.356. The fourth-order valence-electron chi connectivity index (χ4n) is 1.66. The topological polar surface area (TPSA) is 84.9 Å². The first-order valence-electron chi connectivity index (χ1n) is 5.88. The molecule has 0 amide bonds. The second kappa shape index (κ2) is 7.20. The van der Waals surface area contributed by atoms with E-state index in [1.807, 2.05) is 12.1 Å². The van der Waals surface area contributed by atoms with Gasteiger partial charge in [-0.3, -0.25) is 4.55 Å². The first-order chi connectivity index (χ1) is 8.98. The maximum absolute atomic E-state index is 10.5. The Balaban J connectivity index is 2.49. The molecule has 108 valence electrons. The smallest absolute Gasteiger partial charge is 0.264 e. The number of anilines is 1. The van der Waals surface area contributed by atoms with Gasteiger partial charge in [0.15, 0.2) is 11.5 Å². The molecule has 0 aliphatic rings. The van der Waals surface area contributed by atoms with Crippen LogP contribution in [0.2, 0.25) is 0 Å². The average molecular weight is 289 g/mol. The molecule has 1 aromatic carbocycles. The minimum atomic E-state index is -3.87. The molecule has 0 saturated carbocycles. The zero-order valence-electron chi connectivity index (χ0n) is 11.0. The summed E-state index contributed by atoms with van der Waals surface area (Å²) in [4.78, 5) is 0. The first-order valence-corrected chi connectivity index (χ1v) is 7.49. The number of hydrogen-bond acceptors (Lipinski definition) is 5. The van der Waals surface area contributed by atoms with Crippen LogP contribution in [0, 0.1) is 0 Å². The van der Waals surface area contributed by atoms with Crippen molar-refractivity contribution in [3.63, 3.8) is 0 Å². The second-order valence-electron chi connectivity index (χ2n) is 3.96. The van der Waals surface area contributed by atoms with Crippen molar-refractivity contribution in [3.05, 3.63) is 18.2 Å². The van der Waals surface area contributed by atoms with Crippen molar-refractivity contribution < 1.29 is 22.4 Å². The van der Waals surface area contributed by atoms with Crippen LogP contribution in [0.3, 0.4) is 0 Å². The molecule has 0 saturated heterocycles. The normalized spacial score (nSPS) is 11.1. The van der Waals surface area contributed by atoms with Gasteiger partial charge >= 0.3 is 0 Å². The maximum Gasteiger partial charge on any atom is 0.264 e. The van der Waals surface area contributed by atoms with Crippen LogP contribution in [0.1, 0.15) is 12.8 Å². The summed E-state index contributed by atoms with van der Waals surface area (Å²) in [6.07, 6.45) is 1.03. The van der Waals surface area contributed by atoms with E-state index in [0.29, 0.717) is 30.9 Å². The Morgan fingerprint density at radius 3 is 2.53 bits per heavy atom. The third-order valence-corrected chi connectivity index (χ3v) is 3.35. The molecule has 0 spiro atoms. The summed E-state index contributed by atoms with van der Waals surface area (Å²) >= 11 is 0. The van der Waals surface area contributed by atoms with E-state index in [1.165, 1.54) is 0 Å². The predicted octanol–water partition coefficient (Wildman–Crippen LogP) is 1.78. The lowest BCUT2D eigenvalue weighted by Crippen LogP contribution is -2.08. The van der Waals surface area contributed by atoms with Gasteiger partial charge in [-0.2, -0.15) is 8.42 Å². The highest BCUT2D eigenvalue weighted by molar-refractivity contribution is 7.85. The van der Waals surface area contributed by atoms with Gasteiger partial charge in [0.05, 0.1) is 25.7 Å². The Kier molecular flexibility index (Phi) is 5.91. The van der Waals surface area contributed by atoms with E-state index in [0.717, 1.165) is 5.69 Å². The Morgan fingerprint density at radius 1 is 1.21 bits per heavy atom. The molecular formula is C12H19NO5S. The molecule has 7 heteroatoms. The largest absolute Gasteiger partial charge is 0.493 e. The van der Waals surface area contributed by atoms with Crippen molar-refractivity contribution in [1.82, 2.24) is 0 Å². The van der Waals surface area contributed by atoms with Crippen molar-refractivity contribution in [2.45, 2.75) is 12.8 Å². The summed E-state index contributed by atoms with van der Waals surface area (Å²) in [6.45, 7) is 0.582. The summed E-state index contributed by atoms with van der Waals surface area (Å²) in [5.41, 5.74) is 0.786. The number of hydrogen-bond donors (Lipinski definition) is 2. The van der Waals surface area contributed by atoms with E-state index < -0.39 is 10.1 Å². The third-order valence-electron chi connectivity index (χ3n) is 2.55. The summed E-state index contributed by atoms with van der Waals surface area (Å²) in [5.74, 6) is 1.02. The monoisotopic (exact) mass is 289 g/mol. The van der Waals surface area contributed by atoms with Gasteiger partial charge in [0.2, 0.25) is 0 Å². The SMILES string of the molecule is COc1cccc(NCCCCS(=O)(=O)O)c1OC. The standard InChI is InChI=1S/C12H19NO5S/c1-17-11-7-5-6-10(12(11)18-2)13-8-3-4-9-19(14,15)16/h5-7,13H,3-4,8-9H2,1-2H3,(H,14,15,16). The molecule has 0 bridgehead atoms. The van der Waals surface area contributed by atoms with Gasteiger partial charge in [-0.1, -0.05) is 6.07 Å². The molecule has 0 heterocycles. The highest BCUT2D eigenvalue weighted by Gasteiger charge is 2.09. The molecule has 0 aliphatic carbocycles. The summed E-state index contributed by atoms with van der Waals surface area (Å²) < 4.78 is 40.1. The van der Waals surface area contributed by atoms with E-state index in [1.54, 1.807) is 20.3 Å². The summed E-state index contributed by atoms with van der Waals surface area (Å²) in [7, 11) is -0.745. The van der Waals surface area contributed by atoms with Gasteiger partial charge in [0, 0.05) is 6.54 Å².